The molecule has 0 radical (unpaired) electrons. The van der Waals surface area contributed by atoms with E-state index in [1.54, 1.807) is 11.3 Å². The summed E-state index contributed by atoms with van der Waals surface area (Å²) in [5.41, 5.74) is 1.97. The Morgan fingerprint density at radius 2 is 2.00 bits per heavy atom. The van der Waals surface area contributed by atoms with E-state index < -0.39 is 10.0 Å². The highest BCUT2D eigenvalue weighted by molar-refractivity contribution is 7.88. The number of hydrogen-bond donors (Lipinski definition) is 1. The monoisotopic (exact) mass is 419 g/mol. The highest BCUT2D eigenvalue weighted by Gasteiger charge is 2.41. The Morgan fingerprint density at radius 3 is 2.64 bits per heavy atom. The molecule has 1 aromatic heterocycles. The van der Waals surface area contributed by atoms with Crippen LogP contribution in [-0.2, 0) is 21.2 Å². The molecule has 150 valence electrons. The van der Waals surface area contributed by atoms with Crippen LogP contribution in [-0.4, -0.2) is 49.1 Å². The molecule has 2 heterocycles. The number of benzene rings is 1. The van der Waals surface area contributed by atoms with Crippen LogP contribution in [0.4, 0.5) is 0 Å². The summed E-state index contributed by atoms with van der Waals surface area (Å²) in [6.45, 7) is 0.600. The van der Waals surface area contributed by atoms with Crippen LogP contribution in [0.15, 0.2) is 35.7 Å². The molecule has 1 saturated carbocycles. The maximum absolute atomic E-state index is 12.9. The van der Waals surface area contributed by atoms with E-state index in [-0.39, 0.29) is 23.9 Å². The molecule has 4 rings (SSSR count). The van der Waals surface area contributed by atoms with Crippen LogP contribution in [0.2, 0.25) is 0 Å². The van der Waals surface area contributed by atoms with E-state index in [1.165, 1.54) is 6.26 Å². The molecule has 1 saturated heterocycles. The molecule has 0 bridgehead atoms. The third-order valence-electron chi connectivity index (χ3n) is 5.64. The lowest BCUT2D eigenvalue weighted by atomic mass is 9.84. The Bertz CT molecular complexity index is 939. The zero-order chi connectivity index (χ0) is 19.7. The van der Waals surface area contributed by atoms with Crippen molar-refractivity contribution in [3.8, 4) is 10.6 Å². The number of thiazole rings is 1. The van der Waals surface area contributed by atoms with Crippen molar-refractivity contribution < 1.29 is 13.2 Å². The summed E-state index contributed by atoms with van der Waals surface area (Å²) in [6.07, 6.45) is 5.38. The Hall–Kier alpha value is -1.77. The fraction of sp³-hybridized carbons (Fsp3) is 0.500. The van der Waals surface area contributed by atoms with Crippen LogP contribution in [0, 0.1) is 5.92 Å². The second kappa shape index (κ2) is 7.93. The van der Waals surface area contributed by atoms with Gasteiger partial charge in [0.1, 0.15) is 5.01 Å². The van der Waals surface area contributed by atoms with Crippen molar-refractivity contribution in [3.63, 3.8) is 0 Å². The highest BCUT2D eigenvalue weighted by Crippen LogP contribution is 2.33. The van der Waals surface area contributed by atoms with E-state index in [9.17, 15) is 13.2 Å². The normalized spacial score (nSPS) is 23.0. The van der Waals surface area contributed by atoms with Crippen molar-refractivity contribution in [1.82, 2.24) is 14.6 Å². The first-order chi connectivity index (χ1) is 13.4. The third-order valence-corrected chi connectivity index (χ3v) is 7.31. The summed E-state index contributed by atoms with van der Waals surface area (Å²) in [7, 11) is -3.34. The lowest BCUT2D eigenvalue weighted by molar-refractivity contribution is -0.139. The van der Waals surface area contributed by atoms with E-state index in [2.05, 4.69) is 4.72 Å². The minimum Gasteiger partial charge on any atom is -0.337 e. The molecule has 28 heavy (non-hydrogen) atoms. The molecule has 8 heteroatoms. The average molecular weight is 420 g/mol. The summed E-state index contributed by atoms with van der Waals surface area (Å²) in [4.78, 5) is 19.5. The number of likely N-dealkylation sites (tertiary alicyclic amines) is 1. The van der Waals surface area contributed by atoms with E-state index >= 15 is 0 Å². The van der Waals surface area contributed by atoms with Crippen LogP contribution in [0.5, 0.6) is 0 Å². The van der Waals surface area contributed by atoms with Crippen LogP contribution in [0.25, 0.3) is 10.6 Å². The maximum atomic E-state index is 12.9. The lowest BCUT2D eigenvalue weighted by Crippen LogP contribution is -2.49. The number of nitrogens with one attached hydrogen (secondary N) is 1. The summed E-state index contributed by atoms with van der Waals surface area (Å²) < 4.78 is 26.4. The predicted octanol–water partition coefficient (Wildman–Crippen LogP) is 2.67. The number of nitrogens with zero attached hydrogens (tertiary/aromatic N) is 2. The molecule has 1 amide bonds. The van der Waals surface area contributed by atoms with Gasteiger partial charge in [-0.05, 0) is 19.3 Å². The van der Waals surface area contributed by atoms with Crippen LogP contribution >= 0.6 is 11.3 Å². The molecule has 1 aliphatic carbocycles. The Kier molecular flexibility index (Phi) is 5.53. The molecule has 2 unspecified atom stereocenters. The van der Waals surface area contributed by atoms with Crippen molar-refractivity contribution >= 4 is 27.3 Å². The molecule has 2 atom stereocenters. The average Bonchev–Trinajstić information content (AvgIpc) is 3.21. The SMILES string of the molecule is CS(=O)(=O)NC1CCN(C(=O)C2CCC2)C1Cc1csc(-c2ccccc2)n1. The number of carbonyl (C=O) groups excluding carboxylic acids is 1. The van der Waals surface area contributed by atoms with E-state index in [0.29, 0.717) is 19.4 Å². The first-order valence-corrected chi connectivity index (χ1v) is 12.5. The Labute approximate surface area is 170 Å². The number of hydrogen-bond acceptors (Lipinski definition) is 5. The largest absolute Gasteiger partial charge is 0.337 e. The molecule has 2 fully saturated rings. The summed E-state index contributed by atoms with van der Waals surface area (Å²) in [5, 5.41) is 2.96. The van der Waals surface area contributed by atoms with Crippen molar-refractivity contribution in [1.29, 1.82) is 0 Å². The van der Waals surface area contributed by atoms with Crippen LogP contribution in [0.1, 0.15) is 31.4 Å². The second-order valence-electron chi connectivity index (χ2n) is 7.73. The number of aromatic nitrogens is 1. The van der Waals surface area contributed by atoms with Gasteiger partial charge in [0.05, 0.1) is 18.0 Å². The van der Waals surface area contributed by atoms with Gasteiger partial charge in [0.15, 0.2) is 0 Å². The fourth-order valence-electron chi connectivity index (χ4n) is 4.01. The smallest absolute Gasteiger partial charge is 0.225 e. The minimum atomic E-state index is -3.34. The molecular formula is C20H25N3O3S2. The summed E-state index contributed by atoms with van der Waals surface area (Å²) >= 11 is 1.58. The van der Waals surface area contributed by atoms with Crippen LogP contribution in [0.3, 0.4) is 0 Å². The van der Waals surface area contributed by atoms with Gasteiger partial charge in [-0.25, -0.2) is 18.1 Å². The molecule has 1 N–H and O–H groups in total. The second-order valence-corrected chi connectivity index (χ2v) is 10.4. The van der Waals surface area contributed by atoms with Gasteiger partial charge >= 0.3 is 0 Å². The summed E-state index contributed by atoms with van der Waals surface area (Å²) in [5.74, 6) is 0.280. The van der Waals surface area contributed by atoms with Gasteiger partial charge in [0.2, 0.25) is 15.9 Å². The van der Waals surface area contributed by atoms with Gasteiger partial charge < -0.3 is 4.90 Å². The molecular weight excluding hydrogens is 394 g/mol. The van der Waals surface area contributed by atoms with Crippen molar-refractivity contribution in [2.75, 3.05) is 12.8 Å². The van der Waals surface area contributed by atoms with Gasteiger partial charge in [-0.2, -0.15) is 0 Å². The lowest BCUT2D eigenvalue weighted by Gasteiger charge is -2.34. The first-order valence-electron chi connectivity index (χ1n) is 9.68. The topological polar surface area (TPSA) is 79.4 Å². The minimum absolute atomic E-state index is 0.106. The zero-order valence-corrected chi connectivity index (χ0v) is 17.5. The van der Waals surface area contributed by atoms with E-state index in [0.717, 1.165) is 35.5 Å². The molecule has 1 aliphatic heterocycles. The van der Waals surface area contributed by atoms with Gasteiger partial charge in [-0.15, -0.1) is 11.3 Å². The predicted molar refractivity (Wildman–Crippen MR) is 110 cm³/mol. The molecule has 2 aromatic rings. The molecule has 1 aromatic carbocycles. The van der Waals surface area contributed by atoms with Gasteiger partial charge in [0, 0.05) is 35.9 Å². The Balaban J connectivity index is 1.55. The fourth-order valence-corrected chi connectivity index (χ4v) is 5.67. The number of rotatable bonds is 6. The van der Waals surface area contributed by atoms with Gasteiger partial charge in [-0.3, -0.25) is 4.79 Å². The van der Waals surface area contributed by atoms with Crippen LogP contribution < -0.4 is 4.72 Å². The number of sulfonamides is 1. The van der Waals surface area contributed by atoms with Gasteiger partial charge in [-0.1, -0.05) is 36.8 Å². The van der Waals surface area contributed by atoms with Crippen molar-refractivity contribution in [3.05, 3.63) is 41.4 Å². The first kappa shape index (κ1) is 19.5. The molecule has 0 spiro atoms. The molecule has 2 aliphatic rings. The highest BCUT2D eigenvalue weighted by atomic mass is 32.2. The zero-order valence-electron chi connectivity index (χ0n) is 15.9. The van der Waals surface area contributed by atoms with E-state index in [1.807, 2.05) is 40.6 Å². The quantitative estimate of drug-likeness (QED) is 0.781. The number of carbonyl (C=O) groups is 1. The maximum Gasteiger partial charge on any atom is 0.225 e. The number of amides is 1. The van der Waals surface area contributed by atoms with Crippen molar-refractivity contribution in [2.45, 2.75) is 44.2 Å². The third kappa shape index (κ3) is 4.29. The molecule has 6 nitrogen and oxygen atoms in total. The standard InChI is InChI=1S/C20H25N3O3S2/c1-28(25,26)22-17-10-11-23(20(24)15-8-5-9-15)18(17)12-16-13-27-19(21-16)14-6-3-2-4-7-14/h2-4,6-7,13,15,17-18,22H,5,8-12H2,1H3. The summed E-state index contributed by atoms with van der Waals surface area (Å²) in [6, 6.07) is 9.55. The Morgan fingerprint density at radius 1 is 1.25 bits per heavy atom. The van der Waals surface area contributed by atoms with E-state index in [4.69, 9.17) is 4.98 Å². The van der Waals surface area contributed by atoms with Gasteiger partial charge in [0.25, 0.3) is 0 Å². The van der Waals surface area contributed by atoms with Crippen molar-refractivity contribution in [2.24, 2.45) is 5.92 Å².